The average Bonchev–Trinajstić information content (AvgIpc) is 2.77. The van der Waals surface area contributed by atoms with E-state index in [1.54, 1.807) is 0 Å². The molecule has 3 aliphatic rings. The Morgan fingerprint density at radius 3 is 2.47 bits per heavy atom. The fraction of sp³-hybridized carbons (Fsp3) is 1.00. The highest BCUT2D eigenvalue weighted by molar-refractivity contribution is 5.20. The molecular weight excluding hydrogens is 212 g/mol. The van der Waals surface area contributed by atoms with Gasteiger partial charge in [-0.05, 0) is 61.2 Å². The van der Waals surface area contributed by atoms with E-state index < -0.39 is 5.60 Å². The lowest BCUT2D eigenvalue weighted by molar-refractivity contribution is -0.150. The second kappa shape index (κ2) is 3.27. The van der Waals surface area contributed by atoms with E-state index in [0.717, 1.165) is 37.0 Å². The van der Waals surface area contributed by atoms with Gasteiger partial charge in [0.2, 0.25) is 0 Å². The Morgan fingerprint density at radius 2 is 1.88 bits per heavy atom. The minimum Gasteiger partial charge on any atom is -0.393 e. The quantitative estimate of drug-likeness (QED) is 0.736. The molecule has 0 bridgehead atoms. The van der Waals surface area contributed by atoms with Crippen LogP contribution in [0.3, 0.4) is 0 Å². The van der Waals surface area contributed by atoms with Crippen molar-refractivity contribution >= 4 is 0 Å². The molecule has 17 heavy (non-hydrogen) atoms. The van der Waals surface area contributed by atoms with Crippen molar-refractivity contribution in [3.05, 3.63) is 0 Å². The third-order valence-corrected chi connectivity index (χ3v) is 6.19. The van der Waals surface area contributed by atoms with Gasteiger partial charge >= 0.3 is 0 Å². The van der Waals surface area contributed by atoms with E-state index in [9.17, 15) is 10.2 Å². The molecule has 7 unspecified atom stereocenters. The summed E-state index contributed by atoms with van der Waals surface area (Å²) >= 11 is 0. The van der Waals surface area contributed by atoms with Gasteiger partial charge < -0.3 is 10.2 Å². The summed E-state index contributed by atoms with van der Waals surface area (Å²) in [6.45, 7) is 8.81. The highest BCUT2D eigenvalue weighted by atomic mass is 16.3. The summed E-state index contributed by atoms with van der Waals surface area (Å²) in [5.41, 5.74) is -0.584. The van der Waals surface area contributed by atoms with E-state index in [2.05, 4.69) is 20.8 Å². The molecule has 3 rings (SSSR count). The number of aliphatic hydroxyl groups excluding tert-OH is 1. The molecule has 98 valence electrons. The van der Waals surface area contributed by atoms with Crippen molar-refractivity contribution in [3.63, 3.8) is 0 Å². The SMILES string of the molecule is CC(C)C1C2CC3(C)C(O)CCC(C)(O)C3C21. The Kier molecular flexibility index (Phi) is 2.30. The molecule has 0 aromatic rings. The topological polar surface area (TPSA) is 40.5 Å². The zero-order valence-corrected chi connectivity index (χ0v) is 11.5. The van der Waals surface area contributed by atoms with Crippen LogP contribution in [0.15, 0.2) is 0 Å². The van der Waals surface area contributed by atoms with Gasteiger partial charge in [0.25, 0.3) is 0 Å². The summed E-state index contributed by atoms with van der Waals surface area (Å²) < 4.78 is 0. The monoisotopic (exact) mass is 238 g/mol. The molecule has 0 amide bonds. The van der Waals surface area contributed by atoms with Gasteiger partial charge in [0.1, 0.15) is 0 Å². The zero-order valence-electron chi connectivity index (χ0n) is 11.5. The van der Waals surface area contributed by atoms with Crippen molar-refractivity contribution in [2.45, 2.75) is 58.7 Å². The zero-order chi connectivity index (χ0) is 12.6. The molecule has 2 nitrogen and oxygen atoms in total. The van der Waals surface area contributed by atoms with E-state index in [1.165, 1.54) is 0 Å². The molecule has 3 saturated carbocycles. The molecular formula is C15H26O2. The lowest BCUT2D eigenvalue weighted by atomic mass is 9.58. The van der Waals surface area contributed by atoms with Crippen molar-refractivity contribution < 1.29 is 10.2 Å². The molecule has 0 radical (unpaired) electrons. The lowest BCUT2D eigenvalue weighted by Crippen LogP contribution is -2.54. The first-order chi connectivity index (χ1) is 7.79. The fourth-order valence-corrected chi connectivity index (χ4v) is 5.57. The van der Waals surface area contributed by atoms with Crippen molar-refractivity contribution in [2.75, 3.05) is 0 Å². The summed E-state index contributed by atoms with van der Waals surface area (Å²) in [5, 5.41) is 21.0. The summed E-state index contributed by atoms with van der Waals surface area (Å²) in [4.78, 5) is 0. The Morgan fingerprint density at radius 1 is 1.24 bits per heavy atom. The van der Waals surface area contributed by atoms with Crippen molar-refractivity contribution in [1.29, 1.82) is 0 Å². The number of fused-ring (bicyclic) bond motifs is 3. The molecule has 0 heterocycles. The highest BCUT2D eigenvalue weighted by Gasteiger charge is 2.72. The van der Waals surface area contributed by atoms with Crippen LogP contribution in [0.1, 0.15) is 47.0 Å². The van der Waals surface area contributed by atoms with E-state index in [4.69, 9.17) is 0 Å². The molecule has 2 N–H and O–H groups in total. The molecule has 3 aliphatic carbocycles. The normalized spacial score (nSPS) is 61.2. The van der Waals surface area contributed by atoms with Crippen LogP contribution < -0.4 is 0 Å². The van der Waals surface area contributed by atoms with Gasteiger partial charge in [-0.15, -0.1) is 0 Å². The molecule has 7 atom stereocenters. The van der Waals surface area contributed by atoms with E-state index >= 15 is 0 Å². The third kappa shape index (κ3) is 1.40. The van der Waals surface area contributed by atoms with E-state index in [1.807, 2.05) is 6.92 Å². The van der Waals surface area contributed by atoms with Gasteiger partial charge in [-0.3, -0.25) is 0 Å². The predicted octanol–water partition coefficient (Wildman–Crippen LogP) is 2.44. The first kappa shape index (κ1) is 12.0. The van der Waals surface area contributed by atoms with Crippen molar-refractivity contribution in [2.24, 2.45) is 35.0 Å². The first-order valence-corrected chi connectivity index (χ1v) is 7.19. The summed E-state index contributed by atoms with van der Waals surface area (Å²) in [6, 6.07) is 0. The molecule has 0 saturated heterocycles. The standard InChI is InChI=1S/C15H26O2/c1-8(2)11-9-7-14(3)10(16)5-6-15(4,17)13(14)12(9)11/h8-13,16-17H,5-7H2,1-4H3. The number of hydrogen-bond acceptors (Lipinski definition) is 2. The highest BCUT2D eigenvalue weighted by Crippen LogP contribution is 2.73. The summed E-state index contributed by atoms with van der Waals surface area (Å²) in [5.74, 6) is 3.28. The minimum atomic E-state index is -0.558. The van der Waals surface area contributed by atoms with Crippen molar-refractivity contribution in [1.82, 2.24) is 0 Å². The van der Waals surface area contributed by atoms with Gasteiger partial charge in [-0.2, -0.15) is 0 Å². The van der Waals surface area contributed by atoms with Gasteiger partial charge in [0.15, 0.2) is 0 Å². The Hall–Kier alpha value is -0.0800. The molecule has 0 aromatic carbocycles. The number of aliphatic hydroxyl groups is 2. The largest absolute Gasteiger partial charge is 0.393 e. The maximum atomic E-state index is 10.7. The smallest absolute Gasteiger partial charge is 0.0657 e. The van der Waals surface area contributed by atoms with Crippen LogP contribution in [0.5, 0.6) is 0 Å². The second-order valence-electron chi connectivity index (χ2n) is 7.66. The number of rotatable bonds is 1. The van der Waals surface area contributed by atoms with Crippen LogP contribution in [0.2, 0.25) is 0 Å². The average molecular weight is 238 g/mol. The van der Waals surface area contributed by atoms with Crippen LogP contribution >= 0.6 is 0 Å². The Balaban J connectivity index is 1.92. The molecule has 0 aliphatic heterocycles. The predicted molar refractivity (Wildman–Crippen MR) is 67.4 cm³/mol. The van der Waals surface area contributed by atoms with Crippen LogP contribution in [-0.4, -0.2) is 21.9 Å². The lowest BCUT2D eigenvalue weighted by Gasteiger charge is -2.51. The fourth-order valence-electron chi connectivity index (χ4n) is 5.57. The van der Waals surface area contributed by atoms with Crippen molar-refractivity contribution in [3.8, 4) is 0 Å². The molecule has 0 spiro atoms. The second-order valence-corrected chi connectivity index (χ2v) is 7.66. The van der Waals surface area contributed by atoms with Gasteiger partial charge in [0, 0.05) is 0 Å². The van der Waals surface area contributed by atoms with Crippen LogP contribution in [0, 0.1) is 35.0 Å². The van der Waals surface area contributed by atoms with Crippen LogP contribution in [0.25, 0.3) is 0 Å². The Bertz CT molecular complexity index is 336. The van der Waals surface area contributed by atoms with Crippen LogP contribution in [0.4, 0.5) is 0 Å². The summed E-state index contributed by atoms with van der Waals surface area (Å²) in [7, 11) is 0. The maximum Gasteiger partial charge on any atom is 0.0657 e. The molecule has 3 fully saturated rings. The van der Waals surface area contributed by atoms with Gasteiger partial charge in [0.05, 0.1) is 11.7 Å². The third-order valence-electron chi connectivity index (χ3n) is 6.19. The first-order valence-electron chi connectivity index (χ1n) is 7.19. The maximum absolute atomic E-state index is 10.7. The molecule has 0 aromatic heterocycles. The van der Waals surface area contributed by atoms with Gasteiger partial charge in [-0.1, -0.05) is 20.8 Å². The summed E-state index contributed by atoms with van der Waals surface area (Å²) in [6.07, 6.45) is 2.46. The van der Waals surface area contributed by atoms with Crippen LogP contribution in [-0.2, 0) is 0 Å². The van der Waals surface area contributed by atoms with E-state index in [0.29, 0.717) is 11.8 Å². The van der Waals surface area contributed by atoms with E-state index in [-0.39, 0.29) is 11.5 Å². The number of hydrogen-bond donors (Lipinski definition) is 2. The minimum absolute atomic E-state index is 0.0253. The Labute approximate surface area is 104 Å². The molecule has 2 heteroatoms. The van der Waals surface area contributed by atoms with Gasteiger partial charge in [-0.25, -0.2) is 0 Å².